The second-order valence-electron chi connectivity index (χ2n) is 6.63. The van der Waals surface area contributed by atoms with Crippen LogP contribution in [0.1, 0.15) is 24.8 Å². The molecule has 1 aromatic carbocycles. The molecule has 1 atom stereocenters. The van der Waals surface area contributed by atoms with Crippen LogP contribution in [0, 0.1) is 0 Å². The van der Waals surface area contributed by atoms with Crippen LogP contribution >= 0.6 is 39.9 Å². The maximum atomic E-state index is 11.9. The predicted octanol–water partition coefficient (Wildman–Crippen LogP) is 2.77. The number of amides is 1. The van der Waals surface area contributed by atoms with Crippen molar-refractivity contribution in [2.24, 2.45) is 4.99 Å². The largest absolute Gasteiger partial charge is 0.496 e. The lowest BCUT2D eigenvalue weighted by atomic mass is 10.1. The van der Waals surface area contributed by atoms with Gasteiger partial charge in [-0.1, -0.05) is 15.9 Å². The summed E-state index contributed by atoms with van der Waals surface area (Å²) in [5.74, 6) is 1.35. The van der Waals surface area contributed by atoms with Gasteiger partial charge in [0.2, 0.25) is 5.91 Å². The van der Waals surface area contributed by atoms with Crippen LogP contribution in [0.2, 0.25) is 0 Å². The van der Waals surface area contributed by atoms with Crippen LogP contribution in [-0.2, 0) is 16.1 Å². The molecule has 1 aromatic rings. The Morgan fingerprint density at radius 1 is 1.36 bits per heavy atom. The minimum absolute atomic E-state index is 0. The number of benzene rings is 1. The Kier molecular flexibility index (Phi) is 11.8. The van der Waals surface area contributed by atoms with E-state index in [9.17, 15) is 4.79 Å². The first-order chi connectivity index (χ1) is 13.0. The lowest BCUT2D eigenvalue weighted by Gasteiger charge is -2.24. The molecule has 0 aromatic heterocycles. The Morgan fingerprint density at radius 2 is 2.14 bits per heavy atom. The van der Waals surface area contributed by atoms with Crippen molar-refractivity contribution in [3.63, 3.8) is 0 Å². The standard InChI is InChI=1S/C19H29BrN4O3.HI/c1-24(2)18(25)13-23-19(22-12-16-6-4-5-9-27-16)21-11-14-10-15(20)7-8-17(14)26-3;/h7-8,10,16H,4-6,9,11-13H2,1-3H3,(H2,21,22,23);1H. The second-order valence-corrected chi connectivity index (χ2v) is 7.55. The van der Waals surface area contributed by atoms with Crippen LogP contribution in [0.15, 0.2) is 27.7 Å². The Labute approximate surface area is 192 Å². The number of ether oxygens (including phenoxy) is 2. The Hall–Kier alpha value is -1.07. The number of halogens is 2. The van der Waals surface area contributed by atoms with Gasteiger partial charge in [0.05, 0.1) is 26.3 Å². The van der Waals surface area contributed by atoms with E-state index in [1.165, 1.54) is 6.42 Å². The first-order valence-corrected chi connectivity index (χ1v) is 9.95. The van der Waals surface area contributed by atoms with Crippen molar-refractivity contribution in [2.45, 2.75) is 31.9 Å². The van der Waals surface area contributed by atoms with E-state index in [0.717, 1.165) is 35.2 Å². The number of aliphatic imine (C=N–C) groups is 1. The van der Waals surface area contributed by atoms with Crippen LogP contribution in [0.3, 0.4) is 0 Å². The molecule has 2 N–H and O–H groups in total. The third kappa shape index (κ3) is 8.52. The summed E-state index contributed by atoms with van der Waals surface area (Å²) in [6, 6.07) is 5.82. The summed E-state index contributed by atoms with van der Waals surface area (Å²) in [5.41, 5.74) is 0.959. The van der Waals surface area contributed by atoms with E-state index in [1.54, 1.807) is 26.1 Å². The highest BCUT2D eigenvalue weighted by molar-refractivity contribution is 14.0. The smallest absolute Gasteiger partial charge is 0.241 e. The van der Waals surface area contributed by atoms with E-state index in [-0.39, 0.29) is 42.5 Å². The first kappa shape index (κ1) is 25.0. The van der Waals surface area contributed by atoms with Crippen LogP contribution in [0.4, 0.5) is 0 Å². The zero-order valence-corrected chi connectivity index (χ0v) is 20.6. The van der Waals surface area contributed by atoms with Gasteiger partial charge in [0.25, 0.3) is 0 Å². The normalized spacial score (nSPS) is 16.7. The number of likely N-dealkylation sites (N-methyl/N-ethyl adjacent to an activating group) is 1. The monoisotopic (exact) mass is 568 g/mol. The zero-order valence-electron chi connectivity index (χ0n) is 16.7. The molecule has 1 unspecified atom stereocenters. The quantitative estimate of drug-likeness (QED) is 0.301. The van der Waals surface area contributed by atoms with Crippen molar-refractivity contribution in [1.29, 1.82) is 0 Å². The van der Waals surface area contributed by atoms with E-state index < -0.39 is 0 Å². The van der Waals surface area contributed by atoms with Crippen molar-refractivity contribution in [3.8, 4) is 5.75 Å². The summed E-state index contributed by atoms with van der Waals surface area (Å²) >= 11 is 3.48. The number of guanidine groups is 1. The summed E-state index contributed by atoms with van der Waals surface area (Å²) < 4.78 is 12.1. The Morgan fingerprint density at radius 3 is 2.79 bits per heavy atom. The second kappa shape index (κ2) is 13.2. The zero-order chi connectivity index (χ0) is 19.6. The number of rotatable bonds is 7. The van der Waals surface area contributed by atoms with Gasteiger partial charge in [0, 0.05) is 37.3 Å². The minimum Gasteiger partial charge on any atom is -0.496 e. The molecule has 1 amide bonds. The van der Waals surface area contributed by atoms with E-state index >= 15 is 0 Å². The maximum Gasteiger partial charge on any atom is 0.241 e. The molecular weight excluding hydrogens is 539 g/mol. The van der Waals surface area contributed by atoms with Gasteiger partial charge in [-0.2, -0.15) is 0 Å². The summed E-state index contributed by atoms with van der Waals surface area (Å²) in [5, 5.41) is 6.40. The molecule has 0 bridgehead atoms. The highest BCUT2D eigenvalue weighted by Crippen LogP contribution is 2.23. The number of nitrogens with one attached hydrogen (secondary N) is 2. The highest BCUT2D eigenvalue weighted by atomic mass is 127. The number of hydrogen-bond donors (Lipinski definition) is 2. The molecule has 0 saturated carbocycles. The molecule has 1 aliphatic rings. The number of methoxy groups -OCH3 is 1. The average molecular weight is 569 g/mol. The van der Waals surface area contributed by atoms with Crippen LogP contribution in [0.5, 0.6) is 5.75 Å². The number of hydrogen-bond acceptors (Lipinski definition) is 4. The first-order valence-electron chi connectivity index (χ1n) is 9.16. The summed E-state index contributed by atoms with van der Waals surface area (Å²) in [4.78, 5) is 18.1. The third-order valence-corrected chi connectivity index (χ3v) is 4.82. The van der Waals surface area contributed by atoms with Gasteiger partial charge in [0.1, 0.15) is 5.75 Å². The van der Waals surface area contributed by atoms with Gasteiger partial charge in [-0.15, -0.1) is 24.0 Å². The van der Waals surface area contributed by atoms with Crippen LogP contribution in [0.25, 0.3) is 0 Å². The number of nitrogens with zero attached hydrogens (tertiary/aromatic N) is 2. The molecule has 7 nitrogen and oxygen atoms in total. The van der Waals surface area contributed by atoms with Crippen molar-refractivity contribution in [1.82, 2.24) is 15.5 Å². The molecule has 1 heterocycles. The van der Waals surface area contributed by atoms with Crippen molar-refractivity contribution >= 4 is 51.8 Å². The van der Waals surface area contributed by atoms with Gasteiger partial charge >= 0.3 is 0 Å². The van der Waals surface area contributed by atoms with Gasteiger partial charge < -0.3 is 25.0 Å². The molecule has 1 aliphatic heterocycles. The van der Waals surface area contributed by atoms with E-state index in [4.69, 9.17) is 9.47 Å². The van der Waals surface area contributed by atoms with E-state index in [2.05, 4.69) is 31.6 Å². The molecule has 2 rings (SSSR count). The minimum atomic E-state index is -0.0153. The molecule has 28 heavy (non-hydrogen) atoms. The molecule has 0 aliphatic carbocycles. The van der Waals surface area contributed by atoms with Crippen LogP contribution < -0.4 is 15.4 Å². The molecule has 0 spiro atoms. The Balaban J connectivity index is 0.00000392. The molecular formula is C19H30BrIN4O3. The van der Waals surface area contributed by atoms with Gasteiger partial charge in [-0.3, -0.25) is 4.79 Å². The maximum absolute atomic E-state index is 11.9. The van der Waals surface area contributed by atoms with Gasteiger partial charge in [0.15, 0.2) is 5.96 Å². The summed E-state index contributed by atoms with van der Waals surface area (Å²) in [6.45, 7) is 2.08. The predicted molar refractivity (Wildman–Crippen MR) is 126 cm³/mol. The molecule has 158 valence electrons. The lowest BCUT2D eigenvalue weighted by Crippen LogP contribution is -2.45. The number of carbonyl (C=O) groups is 1. The number of carbonyl (C=O) groups excluding carboxylic acids is 1. The van der Waals surface area contributed by atoms with E-state index in [0.29, 0.717) is 19.0 Å². The lowest BCUT2D eigenvalue weighted by molar-refractivity contribution is -0.127. The van der Waals surface area contributed by atoms with Crippen molar-refractivity contribution in [2.75, 3.05) is 40.9 Å². The van der Waals surface area contributed by atoms with Gasteiger partial charge in [-0.05, 0) is 37.5 Å². The fourth-order valence-electron chi connectivity index (χ4n) is 2.71. The van der Waals surface area contributed by atoms with Crippen molar-refractivity contribution in [3.05, 3.63) is 28.2 Å². The molecule has 0 radical (unpaired) electrons. The summed E-state index contributed by atoms with van der Waals surface area (Å²) in [6.07, 6.45) is 3.52. The van der Waals surface area contributed by atoms with Gasteiger partial charge in [-0.25, -0.2) is 4.99 Å². The highest BCUT2D eigenvalue weighted by Gasteiger charge is 2.15. The molecule has 1 fully saturated rings. The SMILES string of the molecule is COc1ccc(Br)cc1CN=C(NCC(=O)N(C)C)NCC1CCCCO1.I. The van der Waals surface area contributed by atoms with Crippen molar-refractivity contribution < 1.29 is 14.3 Å². The van der Waals surface area contributed by atoms with E-state index in [1.807, 2.05) is 18.2 Å². The topological polar surface area (TPSA) is 75.2 Å². The molecule has 1 saturated heterocycles. The average Bonchev–Trinajstić information content (AvgIpc) is 2.68. The summed E-state index contributed by atoms with van der Waals surface area (Å²) in [7, 11) is 5.11. The Bertz CT molecular complexity index is 652. The molecule has 9 heteroatoms. The third-order valence-electron chi connectivity index (χ3n) is 4.33. The fraction of sp³-hybridized carbons (Fsp3) is 0.579. The fourth-order valence-corrected chi connectivity index (χ4v) is 3.11. The van der Waals surface area contributed by atoms with Crippen LogP contribution in [-0.4, -0.2) is 63.8 Å².